The molecule has 7 heteroatoms. The molecule has 7 nitrogen and oxygen atoms in total. The third kappa shape index (κ3) is 4.04. The number of rotatable bonds is 4. The summed E-state index contributed by atoms with van der Waals surface area (Å²) in [6, 6.07) is 9.74. The van der Waals surface area contributed by atoms with Crippen LogP contribution in [0.4, 0.5) is 11.5 Å². The minimum atomic E-state index is -0.707. The fourth-order valence-corrected chi connectivity index (χ4v) is 4.40. The lowest BCUT2D eigenvalue weighted by Crippen LogP contribution is -2.32. The second-order valence-electron chi connectivity index (χ2n) is 7.78. The smallest absolute Gasteiger partial charge is 0.303 e. The zero-order valence-corrected chi connectivity index (χ0v) is 16.2. The molecule has 1 aromatic heterocycles. The van der Waals surface area contributed by atoms with Gasteiger partial charge in [-0.2, -0.15) is 0 Å². The minimum absolute atomic E-state index is 0.175. The van der Waals surface area contributed by atoms with Crippen molar-refractivity contribution >= 4 is 23.4 Å². The van der Waals surface area contributed by atoms with Gasteiger partial charge in [-0.3, -0.25) is 9.59 Å². The van der Waals surface area contributed by atoms with Crippen molar-refractivity contribution in [2.75, 3.05) is 23.8 Å². The van der Waals surface area contributed by atoms with E-state index < -0.39 is 5.97 Å². The van der Waals surface area contributed by atoms with Crippen molar-refractivity contribution in [2.45, 2.75) is 38.0 Å². The van der Waals surface area contributed by atoms with Crippen molar-refractivity contribution in [1.82, 2.24) is 4.98 Å². The maximum Gasteiger partial charge on any atom is 0.303 e. The largest absolute Gasteiger partial charge is 0.491 e. The molecule has 4 rings (SSSR count). The molecule has 1 fully saturated rings. The summed E-state index contributed by atoms with van der Waals surface area (Å²) in [5.74, 6) is 0.468. The number of ether oxygens (including phenoxy) is 1. The first-order valence-electron chi connectivity index (χ1n) is 10.0. The van der Waals surface area contributed by atoms with E-state index in [1.165, 1.54) is 11.8 Å². The highest BCUT2D eigenvalue weighted by molar-refractivity contribution is 6.11. The van der Waals surface area contributed by atoms with Gasteiger partial charge in [-0.15, -0.1) is 0 Å². The number of aromatic nitrogens is 1. The number of anilines is 2. The van der Waals surface area contributed by atoms with E-state index in [4.69, 9.17) is 15.6 Å². The number of pyridine rings is 1. The molecule has 1 amide bonds. The summed E-state index contributed by atoms with van der Waals surface area (Å²) in [6.45, 7) is 0.824. The average Bonchev–Trinajstić information content (AvgIpc) is 2.88. The van der Waals surface area contributed by atoms with Crippen LogP contribution in [0.3, 0.4) is 0 Å². The topological polar surface area (TPSA) is 106 Å². The van der Waals surface area contributed by atoms with Gasteiger partial charge in [-0.25, -0.2) is 4.98 Å². The number of amides is 1. The van der Waals surface area contributed by atoms with E-state index in [0.717, 1.165) is 31.4 Å². The number of benzene rings is 1. The molecule has 2 aromatic rings. The molecule has 0 atom stereocenters. The molecular weight excluding hydrogens is 370 g/mol. The third-order valence-corrected chi connectivity index (χ3v) is 5.96. The lowest BCUT2D eigenvalue weighted by Gasteiger charge is -2.28. The van der Waals surface area contributed by atoms with Gasteiger partial charge in [0, 0.05) is 18.3 Å². The van der Waals surface area contributed by atoms with Crippen molar-refractivity contribution in [3.05, 3.63) is 47.7 Å². The molecular formula is C22H25N3O4. The number of nitrogens with two attached hydrogens (primary N) is 1. The normalized spacial score (nSPS) is 21.8. The molecule has 29 heavy (non-hydrogen) atoms. The van der Waals surface area contributed by atoms with E-state index in [9.17, 15) is 9.59 Å². The maximum atomic E-state index is 13.0. The molecule has 0 radical (unpaired) electrons. The zero-order chi connectivity index (χ0) is 20.4. The second-order valence-corrected chi connectivity index (χ2v) is 7.78. The van der Waals surface area contributed by atoms with Gasteiger partial charge in [0.05, 0.1) is 6.54 Å². The number of hydrogen-bond donors (Lipinski definition) is 2. The predicted octanol–water partition coefficient (Wildman–Crippen LogP) is 3.45. The summed E-state index contributed by atoms with van der Waals surface area (Å²) in [5, 5.41) is 8.97. The van der Waals surface area contributed by atoms with E-state index >= 15 is 0 Å². The quantitative estimate of drug-likeness (QED) is 0.821. The highest BCUT2D eigenvalue weighted by atomic mass is 16.5. The van der Waals surface area contributed by atoms with Crippen molar-refractivity contribution < 1.29 is 19.4 Å². The molecule has 1 aliphatic carbocycles. The number of hydrogen-bond acceptors (Lipinski definition) is 5. The molecule has 0 bridgehead atoms. The standard InChI is InChI=1S/C22H25N3O4/c23-21-20-18(9-10-24-21)29-12-11-25(22(20)28)17-7-5-16(6-8-17)15-3-1-14(2-4-15)13-19(26)27/h5-10,14-15H,1-4,11-13H2,(H2,23,24)(H,26,27). The van der Waals surface area contributed by atoms with Gasteiger partial charge < -0.3 is 20.5 Å². The number of aliphatic carboxylic acids is 1. The fraction of sp³-hybridized carbons (Fsp3) is 0.409. The van der Waals surface area contributed by atoms with Gasteiger partial charge in [0.15, 0.2) is 0 Å². The first-order valence-corrected chi connectivity index (χ1v) is 10.0. The highest BCUT2D eigenvalue weighted by Crippen LogP contribution is 2.38. The minimum Gasteiger partial charge on any atom is -0.491 e. The maximum absolute atomic E-state index is 13.0. The van der Waals surface area contributed by atoms with Crippen LogP contribution in [0.5, 0.6) is 5.75 Å². The van der Waals surface area contributed by atoms with Crippen LogP contribution in [-0.2, 0) is 4.79 Å². The summed E-state index contributed by atoms with van der Waals surface area (Å²) < 4.78 is 5.68. The molecule has 1 saturated carbocycles. The predicted molar refractivity (Wildman–Crippen MR) is 109 cm³/mol. The lowest BCUT2D eigenvalue weighted by molar-refractivity contribution is -0.138. The Labute approximate surface area is 169 Å². The number of fused-ring (bicyclic) bond motifs is 1. The van der Waals surface area contributed by atoms with E-state index in [0.29, 0.717) is 30.4 Å². The van der Waals surface area contributed by atoms with Crippen molar-refractivity contribution in [3.8, 4) is 5.75 Å². The first-order chi connectivity index (χ1) is 14.0. The number of nitrogen functional groups attached to an aromatic ring is 1. The summed E-state index contributed by atoms with van der Waals surface area (Å²) in [7, 11) is 0. The molecule has 2 aliphatic rings. The molecule has 2 heterocycles. The summed E-state index contributed by atoms with van der Waals surface area (Å²) in [5.41, 5.74) is 8.28. The number of carbonyl (C=O) groups is 2. The van der Waals surface area contributed by atoms with Gasteiger partial charge in [-0.05, 0) is 61.3 Å². The molecule has 0 spiro atoms. The highest BCUT2D eigenvalue weighted by Gasteiger charge is 2.28. The number of carboxylic acid groups (broad SMARTS) is 1. The number of nitrogens with zero attached hydrogens (tertiary/aromatic N) is 2. The monoisotopic (exact) mass is 395 g/mol. The Kier molecular flexibility index (Phi) is 5.38. The van der Waals surface area contributed by atoms with Crippen LogP contribution in [0.15, 0.2) is 36.5 Å². The molecule has 152 valence electrons. The Morgan fingerprint density at radius 1 is 1.17 bits per heavy atom. The number of carboxylic acids is 1. The number of carbonyl (C=O) groups excluding carboxylic acids is 1. The van der Waals surface area contributed by atoms with E-state index in [2.05, 4.69) is 17.1 Å². The Hall–Kier alpha value is -3.09. The Bertz CT molecular complexity index is 905. The van der Waals surface area contributed by atoms with E-state index in [-0.39, 0.29) is 24.1 Å². The van der Waals surface area contributed by atoms with Crippen LogP contribution < -0.4 is 15.4 Å². The van der Waals surface area contributed by atoms with Crippen LogP contribution in [-0.4, -0.2) is 35.1 Å². The van der Waals surface area contributed by atoms with Crippen LogP contribution in [0, 0.1) is 5.92 Å². The second kappa shape index (κ2) is 8.11. The van der Waals surface area contributed by atoms with Crippen LogP contribution in [0.2, 0.25) is 0 Å². The van der Waals surface area contributed by atoms with Crippen molar-refractivity contribution in [2.24, 2.45) is 5.92 Å². The zero-order valence-electron chi connectivity index (χ0n) is 16.2. The Morgan fingerprint density at radius 2 is 1.90 bits per heavy atom. The van der Waals surface area contributed by atoms with Crippen LogP contribution in [0.25, 0.3) is 0 Å². The SMILES string of the molecule is Nc1nccc2c1C(=O)N(c1ccc(C3CCC(CC(=O)O)CC3)cc1)CCO2. The molecule has 3 N–H and O–H groups in total. The lowest BCUT2D eigenvalue weighted by atomic mass is 9.77. The Morgan fingerprint density at radius 3 is 2.59 bits per heavy atom. The summed E-state index contributed by atoms with van der Waals surface area (Å²) >= 11 is 0. The molecule has 0 unspecified atom stereocenters. The Balaban J connectivity index is 1.48. The molecule has 0 saturated heterocycles. The average molecular weight is 395 g/mol. The van der Waals surface area contributed by atoms with Gasteiger partial charge in [0.25, 0.3) is 5.91 Å². The van der Waals surface area contributed by atoms with Gasteiger partial charge >= 0.3 is 5.97 Å². The van der Waals surface area contributed by atoms with Gasteiger partial charge in [-0.1, -0.05) is 12.1 Å². The van der Waals surface area contributed by atoms with E-state index in [1.807, 2.05) is 12.1 Å². The van der Waals surface area contributed by atoms with Crippen LogP contribution >= 0.6 is 0 Å². The van der Waals surface area contributed by atoms with Crippen LogP contribution in [0.1, 0.15) is 53.9 Å². The van der Waals surface area contributed by atoms with E-state index in [1.54, 1.807) is 11.0 Å². The summed E-state index contributed by atoms with van der Waals surface area (Å²) in [6.07, 6.45) is 5.71. The van der Waals surface area contributed by atoms with Gasteiger partial charge in [0.1, 0.15) is 23.7 Å². The molecule has 1 aromatic carbocycles. The van der Waals surface area contributed by atoms with Gasteiger partial charge in [0.2, 0.25) is 0 Å². The third-order valence-electron chi connectivity index (χ3n) is 5.96. The first kappa shape index (κ1) is 19.2. The summed E-state index contributed by atoms with van der Waals surface area (Å²) in [4.78, 5) is 29.7. The molecule has 1 aliphatic heterocycles. The van der Waals surface area contributed by atoms with Crippen molar-refractivity contribution in [1.29, 1.82) is 0 Å². The van der Waals surface area contributed by atoms with Crippen molar-refractivity contribution in [3.63, 3.8) is 0 Å². The fourth-order valence-electron chi connectivity index (χ4n) is 4.40.